The fourth-order valence-corrected chi connectivity index (χ4v) is 2.92. The summed E-state index contributed by atoms with van der Waals surface area (Å²) in [5, 5.41) is 11.6. The minimum Gasteiger partial charge on any atom is -0.475 e. The van der Waals surface area contributed by atoms with Gasteiger partial charge in [-0.25, -0.2) is 14.8 Å². The van der Waals surface area contributed by atoms with Gasteiger partial charge in [-0.3, -0.25) is 9.58 Å². The van der Waals surface area contributed by atoms with E-state index < -0.39 is 12.1 Å². The van der Waals surface area contributed by atoms with Crippen molar-refractivity contribution >= 4 is 5.97 Å². The number of carbonyl (C=O) groups is 1. The molecule has 2 aromatic heterocycles. The zero-order valence-electron chi connectivity index (χ0n) is 14.9. The highest BCUT2D eigenvalue weighted by Gasteiger charge is 2.38. The lowest BCUT2D eigenvalue weighted by Gasteiger charge is -2.33. The van der Waals surface area contributed by atoms with E-state index in [-0.39, 0.29) is 6.04 Å². The Morgan fingerprint density at radius 1 is 1.25 bits per heavy atom. The SMILES string of the molecule is O=C(O)C(F)(F)F.c1cnc(OCC2CN(CC3CC3)Cc3ccnn32)nc1. The first-order valence-electron chi connectivity index (χ1n) is 8.77. The standard InChI is InChI=1S/C15H19N5O.C2HF3O2/c1-5-16-15(17-6-1)21-11-14-10-19(8-12-2-3-12)9-13-4-7-18-20(13)14;3-2(4,5)1(6)7/h1,4-7,12,14H,2-3,8-11H2;(H,6,7). The van der Waals surface area contributed by atoms with Crippen molar-refractivity contribution in [2.45, 2.75) is 31.6 Å². The minimum atomic E-state index is -5.08. The van der Waals surface area contributed by atoms with Gasteiger partial charge in [-0.05, 0) is 30.9 Å². The number of nitrogens with zero attached hydrogens (tertiary/aromatic N) is 5. The predicted octanol–water partition coefficient (Wildman–Crippen LogP) is 2.15. The molecule has 0 spiro atoms. The lowest BCUT2D eigenvalue weighted by atomic mass is 10.2. The Balaban J connectivity index is 0.000000279. The third kappa shape index (κ3) is 5.65. The summed E-state index contributed by atoms with van der Waals surface area (Å²) >= 11 is 0. The number of ether oxygens (including phenoxy) is 1. The molecule has 4 rings (SSSR count). The summed E-state index contributed by atoms with van der Waals surface area (Å²) in [6.45, 7) is 3.73. The second kappa shape index (κ2) is 8.55. The molecule has 1 atom stereocenters. The molecule has 1 N–H and O–H groups in total. The van der Waals surface area contributed by atoms with Gasteiger partial charge >= 0.3 is 18.2 Å². The summed E-state index contributed by atoms with van der Waals surface area (Å²) in [6, 6.07) is 4.55. The van der Waals surface area contributed by atoms with Crippen LogP contribution in [0, 0.1) is 5.92 Å². The summed E-state index contributed by atoms with van der Waals surface area (Å²) in [7, 11) is 0. The molecule has 0 amide bonds. The topological polar surface area (TPSA) is 93.4 Å². The lowest BCUT2D eigenvalue weighted by molar-refractivity contribution is -0.192. The zero-order valence-corrected chi connectivity index (χ0v) is 14.9. The van der Waals surface area contributed by atoms with E-state index in [9.17, 15) is 13.2 Å². The zero-order chi connectivity index (χ0) is 20.1. The largest absolute Gasteiger partial charge is 0.490 e. The van der Waals surface area contributed by atoms with Crippen LogP contribution in [0.2, 0.25) is 0 Å². The highest BCUT2D eigenvalue weighted by atomic mass is 19.4. The third-order valence-corrected chi connectivity index (χ3v) is 4.36. The molecule has 2 aliphatic rings. The van der Waals surface area contributed by atoms with E-state index in [1.807, 2.05) is 6.20 Å². The smallest absolute Gasteiger partial charge is 0.475 e. The minimum absolute atomic E-state index is 0.228. The fourth-order valence-electron chi connectivity index (χ4n) is 2.92. The highest BCUT2D eigenvalue weighted by Crippen LogP contribution is 2.32. The molecule has 1 unspecified atom stereocenters. The van der Waals surface area contributed by atoms with Gasteiger partial charge in [0, 0.05) is 38.2 Å². The Labute approximate surface area is 159 Å². The number of aromatic nitrogens is 4. The average molecular weight is 399 g/mol. The summed E-state index contributed by atoms with van der Waals surface area (Å²) in [4.78, 5) is 19.6. The summed E-state index contributed by atoms with van der Waals surface area (Å²) in [5.41, 5.74) is 1.27. The van der Waals surface area contributed by atoms with Crippen molar-refractivity contribution in [3.05, 3.63) is 36.4 Å². The quantitative estimate of drug-likeness (QED) is 0.823. The van der Waals surface area contributed by atoms with Gasteiger partial charge in [0.25, 0.3) is 0 Å². The molecule has 1 fully saturated rings. The van der Waals surface area contributed by atoms with E-state index in [0.717, 1.165) is 19.0 Å². The van der Waals surface area contributed by atoms with Crippen LogP contribution in [0.25, 0.3) is 0 Å². The fraction of sp³-hybridized carbons (Fsp3) is 0.529. The summed E-state index contributed by atoms with van der Waals surface area (Å²) < 4.78 is 39.6. The molecule has 152 valence electrons. The van der Waals surface area contributed by atoms with Crippen LogP contribution in [-0.2, 0) is 11.3 Å². The van der Waals surface area contributed by atoms with Crippen LogP contribution in [0.3, 0.4) is 0 Å². The Morgan fingerprint density at radius 2 is 1.93 bits per heavy atom. The van der Waals surface area contributed by atoms with E-state index in [0.29, 0.717) is 12.6 Å². The van der Waals surface area contributed by atoms with Gasteiger partial charge < -0.3 is 9.84 Å². The second-order valence-corrected chi connectivity index (χ2v) is 6.70. The van der Waals surface area contributed by atoms with Crippen LogP contribution in [-0.4, -0.2) is 61.6 Å². The second-order valence-electron chi connectivity index (χ2n) is 6.70. The van der Waals surface area contributed by atoms with E-state index in [2.05, 4.69) is 30.7 Å². The number of hydrogen-bond donors (Lipinski definition) is 1. The van der Waals surface area contributed by atoms with Gasteiger partial charge in [0.2, 0.25) is 0 Å². The summed E-state index contributed by atoms with van der Waals surface area (Å²) in [6.07, 6.45) is 2.95. The number of rotatable bonds is 5. The van der Waals surface area contributed by atoms with Crippen molar-refractivity contribution in [3.8, 4) is 6.01 Å². The average Bonchev–Trinajstić information content (AvgIpc) is 3.33. The van der Waals surface area contributed by atoms with E-state index in [4.69, 9.17) is 14.6 Å². The Bertz CT molecular complexity index is 780. The van der Waals surface area contributed by atoms with Crippen LogP contribution in [0.15, 0.2) is 30.7 Å². The number of aliphatic carboxylic acids is 1. The number of fused-ring (bicyclic) bond motifs is 1. The molecule has 28 heavy (non-hydrogen) atoms. The predicted molar refractivity (Wildman–Crippen MR) is 90.5 cm³/mol. The Hall–Kier alpha value is -2.69. The van der Waals surface area contributed by atoms with Crippen LogP contribution >= 0.6 is 0 Å². The molecule has 1 aliphatic carbocycles. The van der Waals surface area contributed by atoms with Crippen molar-refractivity contribution in [2.24, 2.45) is 5.92 Å². The van der Waals surface area contributed by atoms with Gasteiger partial charge in [0.15, 0.2) is 0 Å². The first-order valence-corrected chi connectivity index (χ1v) is 8.77. The Morgan fingerprint density at radius 3 is 2.54 bits per heavy atom. The van der Waals surface area contributed by atoms with Crippen molar-refractivity contribution in [1.29, 1.82) is 0 Å². The number of halogens is 3. The molecule has 0 bridgehead atoms. The van der Waals surface area contributed by atoms with Crippen molar-refractivity contribution in [2.75, 3.05) is 19.7 Å². The molecular weight excluding hydrogens is 379 g/mol. The number of hydrogen-bond acceptors (Lipinski definition) is 6. The molecule has 0 radical (unpaired) electrons. The lowest BCUT2D eigenvalue weighted by Crippen LogP contribution is -2.41. The number of carboxylic acids is 1. The monoisotopic (exact) mass is 399 g/mol. The van der Waals surface area contributed by atoms with Gasteiger partial charge in [0.1, 0.15) is 6.61 Å². The molecule has 0 aromatic carbocycles. The molecule has 1 aliphatic heterocycles. The molecule has 2 aromatic rings. The van der Waals surface area contributed by atoms with Crippen molar-refractivity contribution in [3.63, 3.8) is 0 Å². The maximum Gasteiger partial charge on any atom is 0.490 e. The van der Waals surface area contributed by atoms with Crippen molar-refractivity contribution in [1.82, 2.24) is 24.6 Å². The maximum absolute atomic E-state index is 10.6. The van der Waals surface area contributed by atoms with Crippen LogP contribution < -0.4 is 4.74 Å². The highest BCUT2D eigenvalue weighted by molar-refractivity contribution is 5.73. The van der Waals surface area contributed by atoms with Gasteiger partial charge in [-0.15, -0.1) is 0 Å². The Kier molecular flexibility index (Phi) is 6.12. The van der Waals surface area contributed by atoms with E-state index in [1.54, 1.807) is 18.5 Å². The summed E-state index contributed by atoms with van der Waals surface area (Å²) in [5.74, 6) is -1.86. The van der Waals surface area contributed by atoms with Crippen LogP contribution in [0.1, 0.15) is 24.6 Å². The first-order chi connectivity index (χ1) is 13.3. The third-order valence-electron chi connectivity index (χ3n) is 4.36. The van der Waals surface area contributed by atoms with Crippen LogP contribution in [0.4, 0.5) is 13.2 Å². The maximum atomic E-state index is 10.6. The normalized spacial score (nSPS) is 19.3. The van der Waals surface area contributed by atoms with Crippen LogP contribution in [0.5, 0.6) is 6.01 Å². The van der Waals surface area contributed by atoms with E-state index >= 15 is 0 Å². The van der Waals surface area contributed by atoms with Gasteiger partial charge in [0.05, 0.1) is 11.7 Å². The van der Waals surface area contributed by atoms with Gasteiger partial charge in [-0.2, -0.15) is 18.3 Å². The van der Waals surface area contributed by atoms with Gasteiger partial charge in [-0.1, -0.05) is 0 Å². The molecule has 11 heteroatoms. The molecular formula is C17H20F3N5O3. The molecule has 8 nitrogen and oxygen atoms in total. The number of carboxylic acid groups (broad SMARTS) is 1. The molecule has 1 saturated carbocycles. The first kappa shape index (κ1) is 20.1. The number of alkyl halides is 3. The molecule has 3 heterocycles. The van der Waals surface area contributed by atoms with Crippen molar-refractivity contribution < 1.29 is 27.8 Å². The molecule has 0 saturated heterocycles. The van der Waals surface area contributed by atoms with E-state index in [1.165, 1.54) is 25.1 Å².